The van der Waals surface area contributed by atoms with Crippen molar-refractivity contribution in [3.8, 4) is 0 Å². The molecule has 0 aliphatic carbocycles. The van der Waals surface area contributed by atoms with Crippen molar-refractivity contribution in [2.24, 2.45) is 5.92 Å². The zero-order chi connectivity index (χ0) is 5.70. The fourth-order valence-corrected chi connectivity index (χ4v) is 0.762. The molecule has 0 saturated heterocycles. The van der Waals surface area contributed by atoms with Crippen LogP contribution < -0.4 is 0 Å². The van der Waals surface area contributed by atoms with Gasteiger partial charge in [0.25, 0.3) is 0 Å². The molecule has 0 amide bonds. The molecule has 0 radical (unpaired) electrons. The Morgan fingerprint density at radius 2 is 2.00 bits per heavy atom. The molecule has 0 rings (SSSR count). The summed E-state index contributed by atoms with van der Waals surface area (Å²) < 4.78 is 0. The number of hydrogen-bond acceptors (Lipinski definition) is 0. The Morgan fingerprint density at radius 1 is 1.43 bits per heavy atom. The van der Waals surface area contributed by atoms with Crippen LogP contribution in [0.25, 0.3) is 0 Å². The zero-order valence-electron chi connectivity index (χ0n) is 5.28. The molecule has 0 spiro atoms. The van der Waals surface area contributed by atoms with Gasteiger partial charge in [-0.3, -0.25) is 0 Å². The van der Waals surface area contributed by atoms with Gasteiger partial charge in [-0.05, 0) is 0 Å². The van der Waals surface area contributed by atoms with Gasteiger partial charge in [0, 0.05) is 0 Å². The Hall–Kier alpha value is 0.532. The first-order valence-electron chi connectivity index (χ1n) is 2.97. The van der Waals surface area contributed by atoms with Gasteiger partial charge >= 0.3 is 54.2 Å². The van der Waals surface area contributed by atoms with E-state index in [1.165, 1.54) is 18.1 Å². The Labute approximate surface area is 54.7 Å². The van der Waals surface area contributed by atoms with E-state index in [1.807, 2.05) is 0 Å². The average molecular weight is 112 g/mol. The van der Waals surface area contributed by atoms with E-state index in [0.29, 0.717) is 0 Å². The molecule has 38 valence electrons. The van der Waals surface area contributed by atoms with Gasteiger partial charge in [0.15, 0.2) is 0 Å². The van der Waals surface area contributed by atoms with Crippen LogP contribution in [0.1, 0.15) is 26.7 Å². The molecule has 0 bridgehead atoms. The van der Waals surface area contributed by atoms with Gasteiger partial charge < -0.3 is 0 Å². The van der Waals surface area contributed by atoms with Crippen LogP contribution in [0.15, 0.2) is 0 Å². The standard InChI is InChI=1S/C6H13.Al/c1-4-5-6(2)3;/h6H,1,4-5H2,2-3H3;/q;+2. The van der Waals surface area contributed by atoms with E-state index < -0.39 is 0 Å². The van der Waals surface area contributed by atoms with Gasteiger partial charge in [-0.1, -0.05) is 0 Å². The number of hydrogen-bond donors (Lipinski definition) is 0. The molecule has 0 aliphatic heterocycles. The van der Waals surface area contributed by atoms with Crippen molar-refractivity contribution in [1.82, 2.24) is 0 Å². The average Bonchev–Trinajstić information content (AvgIpc) is 1.61. The first-order valence-corrected chi connectivity index (χ1v) is 3.79. The molecule has 0 N–H and O–H groups in total. The summed E-state index contributed by atoms with van der Waals surface area (Å²) in [6.45, 7) is 4.53. The molecule has 0 aliphatic rings. The quantitative estimate of drug-likeness (QED) is 0.490. The Bertz CT molecular complexity index is 33.2. The Kier molecular flexibility index (Phi) is 5.04. The predicted molar refractivity (Wildman–Crippen MR) is 34.6 cm³/mol. The van der Waals surface area contributed by atoms with Crippen LogP contribution in [0.4, 0.5) is 0 Å². The second-order valence-corrected chi connectivity index (χ2v) is 2.90. The van der Waals surface area contributed by atoms with E-state index in [1.54, 1.807) is 0 Å². The molecule has 0 aromatic rings. The third-order valence-electron chi connectivity index (χ3n) is 0.986. The van der Waals surface area contributed by atoms with Crippen LogP contribution in [0.5, 0.6) is 0 Å². The van der Waals surface area contributed by atoms with Crippen molar-refractivity contribution in [3.05, 3.63) is 0 Å². The Balaban J connectivity index is 2.68. The van der Waals surface area contributed by atoms with Gasteiger partial charge in [0.1, 0.15) is 0 Å². The third kappa shape index (κ3) is 6.53. The van der Waals surface area contributed by atoms with Crippen LogP contribution in [0, 0.1) is 5.92 Å². The molecule has 0 atom stereocenters. The maximum absolute atomic E-state index is 2.74. The van der Waals surface area contributed by atoms with Gasteiger partial charge in [-0.15, -0.1) is 0 Å². The normalized spacial score (nSPS) is 10.4. The Morgan fingerprint density at radius 3 is 2.14 bits per heavy atom. The molecular formula is C6H13Al+2. The van der Waals surface area contributed by atoms with Crippen LogP contribution in [-0.2, 0) is 0 Å². The van der Waals surface area contributed by atoms with Gasteiger partial charge in [0.05, 0.1) is 0 Å². The molecule has 0 heterocycles. The summed E-state index contributed by atoms with van der Waals surface area (Å²) in [5.74, 6) is 0.889. The maximum atomic E-state index is 2.74. The van der Waals surface area contributed by atoms with E-state index in [0.717, 1.165) is 5.92 Å². The van der Waals surface area contributed by atoms with Crippen molar-refractivity contribution >= 4 is 16.3 Å². The van der Waals surface area contributed by atoms with E-state index in [-0.39, 0.29) is 0 Å². The topological polar surface area (TPSA) is 0 Å². The second kappa shape index (κ2) is 4.69. The van der Waals surface area contributed by atoms with Crippen LogP contribution in [0.3, 0.4) is 0 Å². The molecule has 0 aromatic heterocycles. The van der Waals surface area contributed by atoms with E-state index in [2.05, 4.69) is 30.1 Å². The fraction of sp³-hybridized carbons (Fsp3) is 1.00. The molecule has 0 nitrogen and oxygen atoms in total. The summed E-state index contributed by atoms with van der Waals surface area (Å²) in [6, 6.07) is 0. The summed E-state index contributed by atoms with van der Waals surface area (Å²) in [4.78, 5) is 0. The van der Waals surface area contributed by atoms with Gasteiger partial charge in [-0.25, -0.2) is 0 Å². The van der Waals surface area contributed by atoms with E-state index in [9.17, 15) is 0 Å². The first kappa shape index (κ1) is 7.53. The third-order valence-corrected chi connectivity index (χ3v) is 1.39. The molecular weight excluding hydrogens is 99.0 g/mol. The van der Waals surface area contributed by atoms with Gasteiger partial charge in [-0.2, -0.15) is 0 Å². The van der Waals surface area contributed by atoms with Crippen molar-refractivity contribution < 1.29 is 0 Å². The molecule has 0 aromatic carbocycles. The van der Waals surface area contributed by atoms with Crippen molar-refractivity contribution in [1.29, 1.82) is 0 Å². The molecule has 0 fully saturated rings. The summed E-state index contributed by atoms with van der Waals surface area (Å²) in [5.41, 5.74) is 0. The monoisotopic (exact) mass is 112 g/mol. The number of rotatable bonds is 3. The molecule has 1 heteroatoms. The van der Waals surface area contributed by atoms with Crippen LogP contribution in [-0.4, -0.2) is 16.3 Å². The summed E-state index contributed by atoms with van der Waals surface area (Å²) in [5, 5.41) is 1.26. The summed E-state index contributed by atoms with van der Waals surface area (Å²) >= 11 is 2.74. The second-order valence-electron chi connectivity index (χ2n) is 2.32. The molecule has 7 heavy (non-hydrogen) atoms. The van der Waals surface area contributed by atoms with Crippen molar-refractivity contribution in [2.45, 2.75) is 32.0 Å². The van der Waals surface area contributed by atoms with Gasteiger partial charge in [0.2, 0.25) is 0 Å². The fourth-order valence-electron chi connectivity index (χ4n) is 0.526. The van der Waals surface area contributed by atoms with Crippen LogP contribution in [0.2, 0.25) is 5.28 Å². The minimum absolute atomic E-state index is 0.889. The summed E-state index contributed by atoms with van der Waals surface area (Å²) in [7, 11) is 0. The minimum atomic E-state index is 0.889. The molecule has 0 unspecified atom stereocenters. The first-order chi connectivity index (χ1) is 3.27. The predicted octanol–water partition coefficient (Wildman–Crippen LogP) is 2.01. The SMILES string of the molecule is CC(C)CC[CH2][Al+2]. The van der Waals surface area contributed by atoms with E-state index in [4.69, 9.17) is 0 Å². The van der Waals surface area contributed by atoms with E-state index >= 15 is 0 Å². The summed E-state index contributed by atoms with van der Waals surface area (Å²) in [6.07, 6.45) is 2.74. The molecule has 0 saturated carbocycles. The van der Waals surface area contributed by atoms with Crippen LogP contribution >= 0.6 is 0 Å². The van der Waals surface area contributed by atoms with Crippen molar-refractivity contribution in [2.75, 3.05) is 0 Å². The van der Waals surface area contributed by atoms with Crippen molar-refractivity contribution in [3.63, 3.8) is 0 Å². The zero-order valence-corrected chi connectivity index (χ0v) is 6.43.